The molecule has 0 spiro atoms. The maximum atomic E-state index is 13.1. The molecular weight excluding hydrogens is 420 g/mol. The molecule has 1 amide bonds. The zero-order valence-corrected chi connectivity index (χ0v) is 18.4. The van der Waals surface area contributed by atoms with Crippen LogP contribution in [0.4, 0.5) is 11.4 Å². The Hall–Kier alpha value is -3.64. The Kier molecular flexibility index (Phi) is 4.94. The number of para-hydroxylation sites is 1. The van der Waals surface area contributed by atoms with Crippen molar-refractivity contribution in [3.05, 3.63) is 101 Å². The van der Waals surface area contributed by atoms with Gasteiger partial charge in [0.15, 0.2) is 0 Å². The fourth-order valence-electron chi connectivity index (χ4n) is 4.30. The number of hydrogen-bond acceptors (Lipinski definition) is 3. The summed E-state index contributed by atoms with van der Waals surface area (Å²) in [4.78, 5) is 13.1. The van der Waals surface area contributed by atoms with E-state index in [0.717, 1.165) is 23.9 Å². The number of aryl methyl sites for hydroxylation is 3. The van der Waals surface area contributed by atoms with E-state index < -0.39 is 10.0 Å². The van der Waals surface area contributed by atoms with Gasteiger partial charge in [-0.25, -0.2) is 8.42 Å². The lowest BCUT2D eigenvalue weighted by Gasteiger charge is -2.13. The number of benzene rings is 4. The molecule has 0 radical (unpaired) electrons. The molecule has 1 aliphatic rings. The molecule has 5 rings (SSSR count). The normalized spacial score (nSPS) is 12.7. The molecule has 4 aromatic carbocycles. The molecular formula is C26H22N2O3S. The molecule has 0 unspecified atom stereocenters. The smallest absolute Gasteiger partial charge is 0.262 e. The van der Waals surface area contributed by atoms with Crippen LogP contribution < -0.4 is 10.0 Å². The Morgan fingerprint density at radius 2 is 1.59 bits per heavy atom. The topological polar surface area (TPSA) is 75.3 Å². The summed E-state index contributed by atoms with van der Waals surface area (Å²) >= 11 is 0. The minimum atomic E-state index is -3.84. The summed E-state index contributed by atoms with van der Waals surface area (Å²) in [6.07, 6.45) is 2.02. The van der Waals surface area contributed by atoms with Crippen molar-refractivity contribution in [1.29, 1.82) is 0 Å². The van der Waals surface area contributed by atoms with Crippen molar-refractivity contribution in [3.63, 3.8) is 0 Å². The largest absolute Gasteiger partial charge is 0.321 e. The quantitative estimate of drug-likeness (QED) is 0.440. The van der Waals surface area contributed by atoms with Gasteiger partial charge in [-0.1, -0.05) is 48.5 Å². The van der Waals surface area contributed by atoms with Gasteiger partial charge in [0, 0.05) is 22.3 Å². The summed E-state index contributed by atoms with van der Waals surface area (Å²) in [7, 11) is -3.84. The van der Waals surface area contributed by atoms with E-state index in [1.165, 1.54) is 22.6 Å². The highest BCUT2D eigenvalue weighted by Crippen LogP contribution is 2.35. The monoisotopic (exact) mass is 442 g/mol. The maximum Gasteiger partial charge on any atom is 0.262 e. The van der Waals surface area contributed by atoms with Crippen LogP contribution in [-0.2, 0) is 22.9 Å². The van der Waals surface area contributed by atoms with Crippen molar-refractivity contribution in [2.24, 2.45) is 0 Å². The average Bonchev–Trinajstić information content (AvgIpc) is 3.21. The first kappa shape index (κ1) is 20.3. The lowest BCUT2D eigenvalue weighted by atomic mass is 10.0. The lowest BCUT2D eigenvalue weighted by Crippen LogP contribution is -2.17. The third-order valence-electron chi connectivity index (χ3n) is 5.89. The number of carbonyl (C=O) groups is 1. The van der Waals surface area contributed by atoms with Crippen LogP contribution in [0.1, 0.15) is 27.0 Å². The Bertz CT molecular complexity index is 1450. The van der Waals surface area contributed by atoms with Crippen molar-refractivity contribution in [2.75, 3.05) is 10.0 Å². The van der Waals surface area contributed by atoms with Gasteiger partial charge in [-0.05, 0) is 72.2 Å². The summed E-state index contributed by atoms with van der Waals surface area (Å²) in [6, 6.07) is 23.5. The SMILES string of the molecule is Cc1ccc(C(=O)Nc2ccc3c4c(cccc24)CC3)cc1S(=O)(=O)Nc1ccccc1. The second-order valence-corrected chi connectivity index (χ2v) is 9.67. The molecule has 2 N–H and O–H groups in total. The molecule has 0 saturated carbocycles. The van der Waals surface area contributed by atoms with Crippen LogP contribution in [0.25, 0.3) is 10.8 Å². The summed E-state index contributed by atoms with van der Waals surface area (Å²) in [5.41, 5.74) is 4.63. The molecule has 6 heteroatoms. The number of amides is 1. The van der Waals surface area contributed by atoms with Crippen molar-refractivity contribution in [1.82, 2.24) is 0 Å². The molecule has 0 aliphatic heterocycles. The maximum absolute atomic E-state index is 13.1. The van der Waals surface area contributed by atoms with E-state index in [1.807, 2.05) is 24.3 Å². The van der Waals surface area contributed by atoms with E-state index in [-0.39, 0.29) is 16.4 Å². The predicted molar refractivity (Wildman–Crippen MR) is 128 cm³/mol. The van der Waals surface area contributed by atoms with Crippen LogP contribution in [0, 0.1) is 6.92 Å². The summed E-state index contributed by atoms with van der Waals surface area (Å²) in [5, 5.41) is 5.20. The first-order chi connectivity index (χ1) is 15.4. The molecule has 4 aromatic rings. The second kappa shape index (κ2) is 7.80. The fourth-order valence-corrected chi connectivity index (χ4v) is 5.63. The van der Waals surface area contributed by atoms with E-state index in [9.17, 15) is 13.2 Å². The third-order valence-corrected chi connectivity index (χ3v) is 7.41. The fraction of sp³-hybridized carbons (Fsp3) is 0.115. The van der Waals surface area contributed by atoms with E-state index >= 15 is 0 Å². The predicted octanol–water partition coefficient (Wildman–Crippen LogP) is 5.30. The molecule has 160 valence electrons. The number of sulfonamides is 1. The van der Waals surface area contributed by atoms with Crippen LogP contribution in [0.2, 0.25) is 0 Å². The molecule has 1 aliphatic carbocycles. The van der Waals surface area contributed by atoms with Gasteiger partial charge in [0.1, 0.15) is 0 Å². The first-order valence-electron chi connectivity index (χ1n) is 10.5. The van der Waals surface area contributed by atoms with Gasteiger partial charge in [0.25, 0.3) is 15.9 Å². The van der Waals surface area contributed by atoms with Gasteiger partial charge < -0.3 is 5.32 Å². The highest BCUT2D eigenvalue weighted by molar-refractivity contribution is 7.92. The van der Waals surface area contributed by atoms with Crippen molar-refractivity contribution in [2.45, 2.75) is 24.7 Å². The van der Waals surface area contributed by atoms with Gasteiger partial charge in [-0.2, -0.15) is 0 Å². The lowest BCUT2D eigenvalue weighted by molar-refractivity contribution is 0.102. The summed E-state index contributed by atoms with van der Waals surface area (Å²) < 4.78 is 28.5. The highest BCUT2D eigenvalue weighted by Gasteiger charge is 2.21. The Morgan fingerprint density at radius 1 is 0.844 bits per heavy atom. The Morgan fingerprint density at radius 3 is 2.38 bits per heavy atom. The Labute approximate surface area is 187 Å². The molecule has 0 atom stereocenters. The van der Waals surface area contributed by atoms with Crippen molar-refractivity contribution >= 4 is 38.1 Å². The minimum Gasteiger partial charge on any atom is -0.321 e. The number of hydrogen-bond donors (Lipinski definition) is 2. The van der Waals surface area contributed by atoms with E-state index in [1.54, 1.807) is 43.3 Å². The van der Waals surface area contributed by atoms with Gasteiger partial charge in [-0.3, -0.25) is 9.52 Å². The van der Waals surface area contributed by atoms with E-state index in [2.05, 4.69) is 22.2 Å². The summed E-state index contributed by atoms with van der Waals surface area (Å²) in [6.45, 7) is 1.71. The molecule has 5 nitrogen and oxygen atoms in total. The van der Waals surface area contributed by atoms with Gasteiger partial charge in [-0.15, -0.1) is 0 Å². The second-order valence-electron chi connectivity index (χ2n) is 8.02. The van der Waals surface area contributed by atoms with Crippen LogP contribution in [0.15, 0.2) is 83.8 Å². The van der Waals surface area contributed by atoms with Crippen molar-refractivity contribution < 1.29 is 13.2 Å². The zero-order chi connectivity index (χ0) is 22.3. The van der Waals surface area contributed by atoms with Gasteiger partial charge in [0.05, 0.1) is 4.90 Å². The van der Waals surface area contributed by atoms with Gasteiger partial charge >= 0.3 is 0 Å². The van der Waals surface area contributed by atoms with Crippen LogP contribution in [0.5, 0.6) is 0 Å². The summed E-state index contributed by atoms with van der Waals surface area (Å²) in [5.74, 6) is -0.347. The molecule has 0 fully saturated rings. The number of nitrogens with one attached hydrogen (secondary N) is 2. The number of rotatable bonds is 5. The van der Waals surface area contributed by atoms with Crippen LogP contribution >= 0.6 is 0 Å². The highest BCUT2D eigenvalue weighted by atomic mass is 32.2. The Balaban J connectivity index is 1.47. The van der Waals surface area contributed by atoms with Crippen LogP contribution in [0.3, 0.4) is 0 Å². The van der Waals surface area contributed by atoms with E-state index in [4.69, 9.17) is 0 Å². The number of carbonyl (C=O) groups excluding carboxylic acids is 1. The number of anilines is 2. The van der Waals surface area contributed by atoms with Crippen LogP contribution in [-0.4, -0.2) is 14.3 Å². The van der Waals surface area contributed by atoms with Crippen molar-refractivity contribution in [3.8, 4) is 0 Å². The standard InChI is InChI=1S/C26H22N2O3S/c1-17-10-11-20(16-24(17)32(30,31)28-21-7-3-2-4-8-21)26(29)27-23-15-14-19-13-12-18-6-5-9-22(23)25(18)19/h2-11,14-16,28H,12-13H2,1H3,(H,27,29). The van der Waals surface area contributed by atoms with E-state index in [0.29, 0.717) is 11.3 Å². The molecule has 0 heterocycles. The minimum absolute atomic E-state index is 0.0782. The third kappa shape index (κ3) is 3.63. The zero-order valence-electron chi connectivity index (χ0n) is 17.6. The molecule has 0 bridgehead atoms. The molecule has 32 heavy (non-hydrogen) atoms. The first-order valence-corrected chi connectivity index (χ1v) is 11.9. The average molecular weight is 443 g/mol. The molecule has 0 saturated heterocycles. The molecule has 0 aromatic heterocycles. The van der Waals surface area contributed by atoms with Gasteiger partial charge in [0.2, 0.25) is 0 Å².